The number of nitrogens with one attached hydrogen (secondary N) is 1. The fraction of sp³-hybridized carbons (Fsp3) is 0.270. The fourth-order valence-electron chi connectivity index (χ4n) is 6.10. The molecule has 0 saturated heterocycles. The first-order valence-corrected chi connectivity index (χ1v) is 14.8. The third kappa shape index (κ3) is 5.65. The zero-order valence-corrected chi connectivity index (χ0v) is 24.2. The van der Waals surface area contributed by atoms with Crippen molar-refractivity contribution in [3.63, 3.8) is 0 Å². The second kappa shape index (κ2) is 11.7. The van der Waals surface area contributed by atoms with Crippen molar-refractivity contribution in [2.75, 3.05) is 0 Å². The Morgan fingerprint density at radius 2 is 1.32 bits per heavy atom. The lowest BCUT2D eigenvalue weighted by molar-refractivity contribution is 0.0920. The van der Waals surface area contributed by atoms with Gasteiger partial charge in [0.25, 0.3) is 5.91 Å². The first-order chi connectivity index (χ1) is 20.0. The van der Waals surface area contributed by atoms with E-state index in [9.17, 15) is 4.79 Å². The second-order valence-electron chi connectivity index (χ2n) is 11.6. The van der Waals surface area contributed by atoms with Crippen LogP contribution in [0.2, 0.25) is 0 Å². The number of carbonyl (C=O) groups excluding carboxylic acids is 1. The SMILES string of the molecule is Cc1ccc(-c2ccc(-c3ccc(C)cc3)c3nc(-c4ccccc4C(=O)N[C@@H](C)C4CCCCC4)cnc23)cc1. The molecule has 0 aliphatic heterocycles. The molecule has 6 rings (SSSR count). The van der Waals surface area contributed by atoms with Gasteiger partial charge >= 0.3 is 0 Å². The maximum Gasteiger partial charge on any atom is 0.252 e. The summed E-state index contributed by atoms with van der Waals surface area (Å²) in [5, 5.41) is 3.30. The second-order valence-corrected chi connectivity index (χ2v) is 11.6. The molecule has 4 heteroatoms. The number of hydrogen-bond donors (Lipinski definition) is 1. The van der Waals surface area contributed by atoms with Crippen LogP contribution in [-0.4, -0.2) is 21.9 Å². The molecule has 1 aromatic heterocycles. The van der Waals surface area contributed by atoms with Crippen LogP contribution >= 0.6 is 0 Å². The van der Waals surface area contributed by atoms with E-state index in [2.05, 4.69) is 86.8 Å². The number of carbonyl (C=O) groups is 1. The first-order valence-electron chi connectivity index (χ1n) is 14.8. The van der Waals surface area contributed by atoms with Crippen LogP contribution < -0.4 is 5.32 Å². The molecule has 0 unspecified atom stereocenters. The number of hydrogen-bond acceptors (Lipinski definition) is 3. The van der Waals surface area contributed by atoms with Gasteiger partial charge in [0, 0.05) is 28.3 Å². The van der Waals surface area contributed by atoms with Crippen LogP contribution in [0.1, 0.15) is 60.5 Å². The summed E-state index contributed by atoms with van der Waals surface area (Å²) in [4.78, 5) is 23.8. The Balaban J connectivity index is 1.44. The molecule has 5 aromatic rings. The lowest BCUT2D eigenvalue weighted by atomic mass is 9.84. The van der Waals surface area contributed by atoms with E-state index in [1.54, 1.807) is 0 Å². The first kappa shape index (κ1) is 26.9. The molecule has 4 nitrogen and oxygen atoms in total. The van der Waals surface area contributed by atoms with Crippen molar-refractivity contribution in [1.29, 1.82) is 0 Å². The summed E-state index contributed by atoms with van der Waals surface area (Å²) in [6.07, 6.45) is 7.99. The standard InChI is InChI=1S/C37H37N3O/c1-24-13-17-28(18-14-24)30-21-22-31(29-19-15-25(2)16-20-29)36-35(30)38-23-34(40-36)32-11-7-8-12-33(32)37(41)39-26(3)27-9-5-4-6-10-27/h7-8,11-23,26-27H,4-6,9-10H2,1-3H3,(H,39,41)/t26-/m0/s1. The molecule has 0 radical (unpaired) electrons. The van der Waals surface area contributed by atoms with Crippen molar-refractivity contribution >= 4 is 16.9 Å². The van der Waals surface area contributed by atoms with E-state index in [0.717, 1.165) is 38.9 Å². The van der Waals surface area contributed by atoms with Crippen LogP contribution in [0.3, 0.4) is 0 Å². The zero-order valence-electron chi connectivity index (χ0n) is 24.2. The normalized spacial score (nSPS) is 14.6. The zero-order chi connectivity index (χ0) is 28.3. The number of aromatic nitrogens is 2. The minimum Gasteiger partial charge on any atom is -0.349 e. The molecule has 41 heavy (non-hydrogen) atoms. The van der Waals surface area contributed by atoms with Gasteiger partial charge in [0.1, 0.15) is 0 Å². The largest absolute Gasteiger partial charge is 0.349 e. The highest BCUT2D eigenvalue weighted by atomic mass is 16.1. The molecule has 1 aliphatic rings. The Morgan fingerprint density at radius 3 is 1.95 bits per heavy atom. The summed E-state index contributed by atoms with van der Waals surface area (Å²) in [6, 6.07) is 29.2. The molecule has 1 amide bonds. The molecule has 206 valence electrons. The van der Waals surface area contributed by atoms with Gasteiger partial charge in [0.15, 0.2) is 0 Å². The van der Waals surface area contributed by atoms with Crippen molar-refractivity contribution in [2.45, 2.75) is 58.9 Å². The molecule has 1 N–H and O–H groups in total. The summed E-state index contributed by atoms with van der Waals surface area (Å²) in [7, 11) is 0. The molecule has 4 aromatic carbocycles. The Hall–Kier alpha value is -4.31. The molecule has 1 atom stereocenters. The van der Waals surface area contributed by atoms with E-state index in [1.165, 1.54) is 43.2 Å². The minimum absolute atomic E-state index is 0.0484. The number of aryl methyl sites for hydroxylation is 2. The summed E-state index contributed by atoms with van der Waals surface area (Å²) in [6.45, 7) is 6.34. The molecular formula is C37H37N3O. The number of fused-ring (bicyclic) bond motifs is 1. The van der Waals surface area contributed by atoms with Gasteiger partial charge in [-0.05, 0) is 56.7 Å². The van der Waals surface area contributed by atoms with E-state index in [4.69, 9.17) is 9.97 Å². The van der Waals surface area contributed by atoms with Crippen LogP contribution in [0.5, 0.6) is 0 Å². The van der Waals surface area contributed by atoms with Crippen LogP contribution in [0, 0.1) is 19.8 Å². The van der Waals surface area contributed by atoms with Crippen LogP contribution in [-0.2, 0) is 0 Å². The van der Waals surface area contributed by atoms with Gasteiger partial charge in [-0.1, -0.05) is 109 Å². The van der Waals surface area contributed by atoms with Crippen molar-refractivity contribution in [1.82, 2.24) is 15.3 Å². The number of amides is 1. The van der Waals surface area contributed by atoms with Gasteiger partial charge in [0.2, 0.25) is 0 Å². The highest BCUT2D eigenvalue weighted by Crippen LogP contribution is 2.36. The monoisotopic (exact) mass is 539 g/mol. The predicted octanol–water partition coefficient (Wildman–Crippen LogP) is 8.95. The average molecular weight is 540 g/mol. The van der Waals surface area contributed by atoms with Crippen LogP contribution in [0.4, 0.5) is 0 Å². The third-order valence-corrected chi connectivity index (χ3v) is 8.59. The molecule has 1 fully saturated rings. The lowest BCUT2D eigenvalue weighted by Crippen LogP contribution is -2.39. The Morgan fingerprint density at radius 1 is 0.732 bits per heavy atom. The van der Waals surface area contributed by atoms with E-state index in [-0.39, 0.29) is 11.9 Å². The van der Waals surface area contributed by atoms with E-state index in [0.29, 0.717) is 17.2 Å². The predicted molar refractivity (Wildman–Crippen MR) is 169 cm³/mol. The van der Waals surface area contributed by atoms with Crippen LogP contribution in [0.15, 0.2) is 91.1 Å². The van der Waals surface area contributed by atoms with Crippen molar-refractivity contribution in [3.8, 4) is 33.5 Å². The van der Waals surface area contributed by atoms with E-state index < -0.39 is 0 Å². The van der Waals surface area contributed by atoms with Crippen molar-refractivity contribution in [3.05, 3.63) is 108 Å². The van der Waals surface area contributed by atoms with Crippen LogP contribution in [0.25, 0.3) is 44.5 Å². The summed E-state index contributed by atoms with van der Waals surface area (Å²) >= 11 is 0. The maximum absolute atomic E-state index is 13.6. The van der Waals surface area contributed by atoms with Gasteiger partial charge in [0.05, 0.1) is 22.9 Å². The van der Waals surface area contributed by atoms with Gasteiger partial charge in [-0.15, -0.1) is 0 Å². The summed E-state index contributed by atoms with van der Waals surface area (Å²) < 4.78 is 0. The Bertz CT molecular complexity index is 1680. The lowest BCUT2D eigenvalue weighted by Gasteiger charge is -2.28. The Kier molecular flexibility index (Phi) is 7.65. The molecule has 1 heterocycles. The smallest absolute Gasteiger partial charge is 0.252 e. The quantitative estimate of drug-likeness (QED) is 0.234. The fourth-order valence-corrected chi connectivity index (χ4v) is 6.10. The molecule has 1 saturated carbocycles. The number of rotatable bonds is 6. The number of benzene rings is 4. The van der Waals surface area contributed by atoms with Crippen molar-refractivity contribution in [2.24, 2.45) is 5.92 Å². The topological polar surface area (TPSA) is 54.9 Å². The van der Waals surface area contributed by atoms with E-state index in [1.807, 2.05) is 30.5 Å². The van der Waals surface area contributed by atoms with Gasteiger partial charge < -0.3 is 5.32 Å². The molecular weight excluding hydrogens is 502 g/mol. The number of nitrogens with zero attached hydrogens (tertiary/aromatic N) is 2. The maximum atomic E-state index is 13.6. The summed E-state index contributed by atoms with van der Waals surface area (Å²) in [5.74, 6) is 0.491. The molecule has 0 bridgehead atoms. The van der Waals surface area contributed by atoms with Gasteiger partial charge in [-0.2, -0.15) is 0 Å². The average Bonchev–Trinajstić information content (AvgIpc) is 3.01. The highest BCUT2D eigenvalue weighted by Gasteiger charge is 2.23. The summed E-state index contributed by atoms with van der Waals surface area (Å²) in [5.41, 5.74) is 10.5. The van der Waals surface area contributed by atoms with Crippen molar-refractivity contribution < 1.29 is 4.79 Å². The van der Waals surface area contributed by atoms with Gasteiger partial charge in [-0.25, -0.2) is 4.98 Å². The molecule has 1 aliphatic carbocycles. The van der Waals surface area contributed by atoms with Gasteiger partial charge in [-0.3, -0.25) is 9.78 Å². The molecule has 0 spiro atoms. The minimum atomic E-state index is -0.0484. The highest BCUT2D eigenvalue weighted by molar-refractivity contribution is 6.03. The third-order valence-electron chi connectivity index (χ3n) is 8.59. The van der Waals surface area contributed by atoms with E-state index >= 15 is 0 Å². The Labute approximate surface area is 242 Å².